The first kappa shape index (κ1) is 14.8. The van der Waals surface area contributed by atoms with Gasteiger partial charge in [-0.15, -0.1) is 0 Å². The zero-order chi connectivity index (χ0) is 13.9. The predicted molar refractivity (Wildman–Crippen MR) is 66.7 cm³/mol. The maximum Gasteiger partial charge on any atom is 0.317 e. The standard InChI is InChI=1S/C13H24N2O3/c1-8(2)11(12(16)17)14-13(18)15-6-9(3)5-10(4)7-15/h8-11H,5-7H2,1-4H3,(H,14,18)(H,16,17)/p-1/t9-,10+,11-/m0/s1. The third-order valence-corrected chi connectivity index (χ3v) is 3.36. The quantitative estimate of drug-likeness (QED) is 0.795. The van der Waals surface area contributed by atoms with E-state index in [1.165, 1.54) is 0 Å². The third kappa shape index (κ3) is 3.89. The number of carbonyl (C=O) groups excluding carboxylic acids is 2. The van der Waals surface area contributed by atoms with E-state index in [-0.39, 0.29) is 11.9 Å². The molecule has 104 valence electrons. The van der Waals surface area contributed by atoms with Crippen LogP contribution in [0, 0.1) is 17.8 Å². The summed E-state index contributed by atoms with van der Waals surface area (Å²) < 4.78 is 0. The van der Waals surface area contributed by atoms with Crippen LogP contribution in [0.5, 0.6) is 0 Å². The largest absolute Gasteiger partial charge is 0.548 e. The van der Waals surface area contributed by atoms with Crippen LogP contribution in [0.1, 0.15) is 34.1 Å². The summed E-state index contributed by atoms with van der Waals surface area (Å²) in [6, 6.07) is -1.22. The zero-order valence-corrected chi connectivity index (χ0v) is 11.6. The highest BCUT2D eigenvalue weighted by atomic mass is 16.4. The van der Waals surface area contributed by atoms with Gasteiger partial charge in [-0.25, -0.2) is 4.79 Å². The molecule has 18 heavy (non-hydrogen) atoms. The fourth-order valence-corrected chi connectivity index (χ4v) is 2.55. The minimum absolute atomic E-state index is 0.182. The van der Waals surface area contributed by atoms with E-state index in [1.807, 2.05) is 0 Å². The average Bonchev–Trinajstić information content (AvgIpc) is 2.23. The van der Waals surface area contributed by atoms with Gasteiger partial charge in [0, 0.05) is 13.1 Å². The van der Waals surface area contributed by atoms with Gasteiger partial charge in [0.1, 0.15) is 0 Å². The molecule has 1 N–H and O–H groups in total. The van der Waals surface area contributed by atoms with Gasteiger partial charge in [-0.1, -0.05) is 27.7 Å². The van der Waals surface area contributed by atoms with Crippen LogP contribution in [0.25, 0.3) is 0 Å². The summed E-state index contributed by atoms with van der Waals surface area (Å²) in [7, 11) is 0. The van der Waals surface area contributed by atoms with Crippen molar-refractivity contribution in [3.63, 3.8) is 0 Å². The molecule has 5 heteroatoms. The molecule has 1 aliphatic heterocycles. The summed E-state index contributed by atoms with van der Waals surface area (Å²) in [5.74, 6) is -0.491. The Bertz CT molecular complexity index is 307. The summed E-state index contributed by atoms with van der Waals surface area (Å²) in [5, 5.41) is 13.5. The number of nitrogens with zero attached hydrogens (tertiary/aromatic N) is 1. The van der Waals surface area contributed by atoms with Gasteiger partial charge in [-0.05, 0) is 24.2 Å². The van der Waals surface area contributed by atoms with Gasteiger partial charge in [0.15, 0.2) is 0 Å². The van der Waals surface area contributed by atoms with Gasteiger partial charge in [-0.2, -0.15) is 0 Å². The van der Waals surface area contributed by atoms with E-state index in [2.05, 4.69) is 19.2 Å². The number of amides is 2. The minimum Gasteiger partial charge on any atom is -0.548 e. The number of aliphatic carboxylic acids is 1. The Balaban J connectivity index is 2.61. The first-order chi connectivity index (χ1) is 8.31. The molecule has 0 aliphatic carbocycles. The number of urea groups is 1. The fraction of sp³-hybridized carbons (Fsp3) is 0.846. The van der Waals surface area contributed by atoms with Crippen LogP contribution in [0.4, 0.5) is 4.79 Å². The van der Waals surface area contributed by atoms with E-state index in [1.54, 1.807) is 18.7 Å². The van der Waals surface area contributed by atoms with E-state index in [4.69, 9.17) is 0 Å². The van der Waals surface area contributed by atoms with Crippen molar-refractivity contribution in [2.45, 2.75) is 40.2 Å². The van der Waals surface area contributed by atoms with Gasteiger partial charge in [-0.3, -0.25) is 0 Å². The molecule has 0 spiro atoms. The van der Waals surface area contributed by atoms with Crippen molar-refractivity contribution in [2.75, 3.05) is 13.1 Å². The number of hydrogen-bond acceptors (Lipinski definition) is 3. The Morgan fingerprint density at radius 3 is 2.11 bits per heavy atom. The molecule has 1 heterocycles. The van der Waals surface area contributed by atoms with E-state index < -0.39 is 12.0 Å². The first-order valence-electron chi connectivity index (χ1n) is 6.57. The zero-order valence-electron chi connectivity index (χ0n) is 11.6. The Morgan fingerprint density at radius 2 is 1.72 bits per heavy atom. The van der Waals surface area contributed by atoms with Crippen molar-refractivity contribution in [1.82, 2.24) is 10.2 Å². The lowest BCUT2D eigenvalue weighted by molar-refractivity contribution is -0.309. The van der Waals surface area contributed by atoms with Crippen LogP contribution in [-0.2, 0) is 4.79 Å². The molecule has 5 nitrogen and oxygen atoms in total. The third-order valence-electron chi connectivity index (χ3n) is 3.36. The van der Waals surface area contributed by atoms with Gasteiger partial charge in [0.25, 0.3) is 0 Å². The number of carbonyl (C=O) groups is 2. The van der Waals surface area contributed by atoms with E-state index in [9.17, 15) is 14.7 Å². The Kier molecular flexibility index (Phi) is 4.99. The van der Waals surface area contributed by atoms with Gasteiger partial charge in [0.2, 0.25) is 0 Å². The smallest absolute Gasteiger partial charge is 0.317 e. The van der Waals surface area contributed by atoms with Crippen LogP contribution in [0.3, 0.4) is 0 Å². The molecule has 0 saturated carbocycles. The van der Waals surface area contributed by atoms with Gasteiger partial charge >= 0.3 is 6.03 Å². The lowest BCUT2D eigenvalue weighted by atomic mass is 9.92. The molecular weight excluding hydrogens is 232 g/mol. The maximum atomic E-state index is 12.0. The molecule has 0 aromatic heterocycles. The summed E-state index contributed by atoms with van der Waals surface area (Å²) in [4.78, 5) is 24.7. The highest BCUT2D eigenvalue weighted by Crippen LogP contribution is 2.21. The summed E-state index contributed by atoms with van der Waals surface area (Å²) >= 11 is 0. The van der Waals surface area contributed by atoms with Crippen LogP contribution in [0.2, 0.25) is 0 Å². The molecule has 1 fully saturated rings. The van der Waals surface area contributed by atoms with Crippen LogP contribution >= 0.6 is 0 Å². The van der Waals surface area contributed by atoms with Crippen molar-refractivity contribution in [3.8, 4) is 0 Å². The predicted octanol–water partition coefficient (Wildman–Crippen LogP) is 0.448. The van der Waals surface area contributed by atoms with E-state index in [0.717, 1.165) is 6.42 Å². The summed E-state index contributed by atoms with van der Waals surface area (Å²) in [6.45, 7) is 9.09. The van der Waals surface area contributed by atoms with Crippen LogP contribution < -0.4 is 10.4 Å². The summed E-state index contributed by atoms with van der Waals surface area (Å²) in [5.41, 5.74) is 0. The Labute approximate surface area is 109 Å². The van der Waals surface area contributed by atoms with Crippen molar-refractivity contribution in [2.24, 2.45) is 17.8 Å². The second kappa shape index (κ2) is 6.07. The van der Waals surface area contributed by atoms with Crippen molar-refractivity contribution in [3.05, 3.63) is 0 Å². The van der Waals surface area contributed by atoms with Crippen LogP contribution in [-0.4, -0.2) is 36.0 Å². The number of carboxylic acid groups (broad SMARTS) is 1. The summed E-state index contributed by atoms with van der Waals surface area (Å²) in [6.07, 6.45) is 1.11. The average molecular weight is 255 g/mol. The number of nitrogens with one attached hydrogen (secondary N) is 1. The maximum absolute atomic E-state index is 12.0. The first-order valence-corrected chi connectivity index (χ1v) is 6.57. The molecular formula is C13H23N2O3-. The lowest BCUT2D eigenvalue weighted by Gasteiger charge is -2.36. The van der Waals surface area contributed by atoms with Crippen LogP contribution in [0.15, 0.2) is 0 Å². The second-order valence-electron chi connectivity index (χ2n) is 5.84. The number of likely N-dealkylation sites (tertiary alicyclic amines) is 1. The fourth-order valence-electron chi connectivity index (χ4n) is 2.55. The number of hydrogen-bond donors (Lipinski definition) is 1. The normalized spacial score (nSPS) is 25.9. The molecule has 2 amide bonds. The highest BCUT2D eigenvalue weighted by molar-refractivity contribution is 5.81. The molecule has 0 aromatic rings. The Hall–Kier alpha value is -1.26. The van der Waals surface area contributed by atoms with E-state index in [0.29, 0.717) is 24.9 Å². The molecule has 0 bridgehead atoms. The van der Waals surface area contributed by atoms with Crippen molar-refractivity contribution < 1.29 is 14.7 Å². The van der Waals surface area contributed by atoms with E-state index >= 15 is 0 Å². The molecule has 0 radical (unpaired) electrons. The molecule has 1 saturated heterocycles. The van der Waals surface area contributed by atoms with Crippen molar-refractivity contribution in [1.29, 1.82) is 0 Å². The lowest BCUT2D eigenvalue weighted by Crippen LogP contribution is -2.56. The minimum atomic E-state index is -1.23. The highest BCUT2D eigenvalue weighted by Gasteiger charge is 2.27. The molecule has 1 rings (SSSR count). The van der Waals surface area contributed by atoms with Gasteiger partial charge in [0.05, 0.1) is 12.0 Å². The second-order valence-corrected chi connectivity index (χ2v) is 5.84. The molecule has 1 aliphatic rings. The Morgan fingerprint density at radius 1 is 1.22 bits per heavy atom. The number of piperidine rings is 1. The topological polar surface area (TPSA) is 72.5 Å². The molecule has 0 unspecified atom stereocenters. The number of carboxylic acids is 1. The number of rotatable bonds is 3. The SMILES string of the molecule is CC(C)[C@H](NC(=O)N1C[C@H](C)C[C@H](C)C1)C(=O)[O-]. The van der Waals surface area contributed by atoms with Crippen molar-refractivity contribution >= 4 is 12.0 Å². The van der Waals surface area contributed by atoms with Gasteiger partial charge < -0.3 is 20.1 Å². The molecule has 0 aromatic carbocycles. The molecule has 3 atom stereocenters. The monoisotopic (exact) mass is 255 g/mol.